The molecule has 0 aromatic heterocycles. The summed E-state index contributed by atoms with van der Waals surface area (Å²) in [6, 6.07) is 9.13. The Morgan fingerprint density at radius 3 is 2.55 bits per heavy atom. The van der Waals surface area contributed by atoms with Crippen molar-refractivity contribution < 1.29 is 9.84 Å². The third kappa shape index (κ3) is 2.34. The van der Waals surface area contributed by atoms with E-state index < -0.39 is 0 Å². The van der Waals surface area contributed by atoms with E-state index in [0.29, 0.717) is 5.75 Å². The Bertz CT molecular complexity index is 239. The van der Waals surface area contributed by atoms with Gasteiger partial charge in [-0.15, -0.1) is 0 Å². The zero-order valence-corrected chi connectivity index (χ0v) is 6.32. The fourth-order valence-electron chi connectivity index (χ4n) is 0.668. The summed E-state index contributed by atoms with van der Waals surface area (Å²) in [4.78, 5) is 0. The van der Waals surface area contributed by atoms with Crippen molar-refractivity contribution in [3.63, 3.8) is 0 Å². The van der Waals surface area contributed by atoms with E-state index >= 15 is 0 Å². The topological polar surface area (TPSA) is 29.5 Å². The minimum absolute atomic E-state index is 0.0730. The highest BCUT2D eigenvalue weighted by Gasteiger charge is 1.92. The van der Waals surface area contributed by atoms with Crippen molar-refractivity contribution in [2.24, 2.45) is 0 Å². The van der Waals surface area contributed by atoms with Crippen LogP contribution in [-0.2, 0) is 0 Å². The second kappa shape index (κ2) is 3.66. The number of allylic oxidation sites excluding steroid dienone is 1. The van der Waals surface area contributed by atoms with Gasteiger partial charge in [0.25, 0.3) is 5.95 Å². The molecule has 0 amide bonds. The number of rotatable bonds is 2. The summed E-state index contributed by atoms with van der Waals surface area (Å²) in [5, 5.41) is 8.95. The first-order chi connectivity index (χ1) is 5.33. The van der Waals surface area contributed by atoms with Gasteiger partial charge < -0.3 is 9.84 Å². The van der Waals surface area contributed by atoms with E-state index in [-0.39, 0.29) is 5.95 Å². The van der Waals surface area contributed by atoms with E-state index in [1.54, 1.807) is 19.1 Å². The Balaban J connectivity index is 2.65. The molecule has 0 heterocycles. The maximum atomic E-state index is 8.95. The Morgan fingerprint density at radius 1 is 1.36 bits per heavy atom. The molecule has 0 atom stereocenters. The van der Waals surface area contributed by atoms with Crippen molar-refractivity contribution in [2.75, 3.05) is 0 Å². The lowest BCUT2D eigenvalue weighted by Crippen LogP contribution is -1.91. The van der Waals surface area contributed by atoms with Gasteiger partial charge in [-0.3, -0.25) is 0 Å². The molecule has 0 aliphatic carbocycles. The van der Waals surface area contributed by atoms with Crippen molar-refractivity contribution in [3.05, 3.63) is 42.4 Å². The van der Waals surface area contributed by atoms with Crippen molar-refractivity contribution in [2.45, 2.75) is 6.92 Å². The number of ether oxygens (including phenoxy) is 1. The molecule has 0 unspecified atom stereocenters. The summed E-state index contributed by atoms with van der Waals surface area (Å²) < 4.78 is 4.98. The maximum Gasteiger partial charge on any atom is 0.277 e. The van der Waals surface area contributed by atoms with Crippen LogP contribution < -0.4 is 4.74 Å². The van der Waals surface area contributed by atoms with Crippen LogP contribution >= 0.6 is 0 Å². The third-order valence-corrected chi connectivity index (χ3v) is 1.21. The van der Waals surface area contributed by atoms with Crippen LogP contribution in [-0.4, -0.2) is 5.11 Å². The monoisotopic (exact) mass is 150 g/mol. The summed E-state index contributed by atoms with van der Waals surface area (Å²) in [6.45, 7) is 1.71. The molecular weight excluding hydrogens is 140 g/mol. The largest absolute Gasteiger partial charge is 0.481 e. The Morgan fingerprint density at radius 2 is 2.00 bits per heavy atom. The van der Waals surface area contributed by atoms with Crippen LogP contribution in [0.5, 0.6) is 5.75 Å². The zero-order valence-electron chi connectivity index (χ0n) is 6.32. The van der Waals surface area contributed by atoms with Crippen LogP contribution in [0.4, 0.5) is 0 Å². The molecular formula is C9H10O2. The number of hydrogen-bond acceptors (Lipinski definition) is 2. The van der Waals surface area contributed by atoms with Gasteiger partial charge in [0.1, 0.15) is 5.75 Å². The number of para-hydroxylation sites is 1. The van der Waals surface area contributed by atoms with Gasteiger partial charge in [0.15, 0.2) is 0 Å². The maximum absolute atomic E-state index is 8.95. The highest BCUT2D eigenvalue weighted by atomic mass is 16.6. The molecule has 0 fully saturated rings. The summed E-state index contributed by atoms with van der Waals surface area (Å²) in [5.41, 5.74) is 0. The molecule has 0 radical (unpaired) electrons. The third-order valence-electron chi connectivity index (χ3n) is 1.21. The van der Waals surface area contributed by atoms with E-state index in [2.05, 4.69) is 0 Å². The average molecular weight is 150 g/mol. The van der Waals surface area contributed by atoms with Gasteiger partial charge in [-0.05, 0) is 25.1 Å². The smallest absolute Gasteiger partial charge is 0.277 e. The van der Waals surface area contributed by atoms with Gasteiger partial charge in [-0.1, -0.05) is 18.2 Å². The van der Waals surface area contributed by atoms with Crippen molar-refractivity contribution in [1.82, 2.24) is 0 Å². The van der Waals surface area contributed by atoms with Crippen molar-refractivity contribution in [3.8, 4) is 5.75 Å². The minimum atomic E-state index is -0.0730. The van der Waals surface area contributed by atoms with Gasteiger partial charge in [0, 0.05) is 0 Å². The SMILES string of the molecule is CC=C(O)Oc1ccccc1. The lowest BCUT2D eigenvalue weighted by atomic mass is 10.3. The normalized spacial score (nSPS) is 11.2. The second-order valence-electron chi connectivity index (χ2n) is 2.04. The lowest BCUT2D eigenvalue weighted by Gasteiger charge is -2.01. The van der Waals surface area contributed by atoms with Crippen LogP contribution in [0.3, 0.4) is 0 Å². The predicted octanol–water partition coefficient (Wildman–Crippen LogP) is 2.48. The fraction of sp³-hybridized carbons (Fsp3) is 0.111. The van der Waals surface area contributed by atoms with Crippen LogP contribution in [0.1, 0.15) is 6.92 Å². The molecule has 0 saturated heterocycles. The van der Waals surface area contributed by atoms with Crippen molar-refractivity contribution in [1.29, 1.82) is 0 Å². The van der Waals surface area contributed by atoms with E-state index in [1.807, 2.05) is 18.2 Å². The highest BCUT2D eigenvalue weighted by molar-refractivity contribution is 5.22. The van der Waals surface area contributed by atoms with Crippen LogP contribution in [0, 0.1) is 0 Å². The van der Waals surface area contributed by atoms with Gasteiger partial charge in [-0.25, -0.2) is 0 Å². The molecule has 0 bridgehead atoms. The summed E-state index contributed by atoms with van der Waals surface area (Å²) in [5.74, 6) is 0.569. The first kappa shape index (κ1) is 7.66. The summed E-state index contributed by atoms with van der Waals surface area (Å²) >= 11 is 0. The van der Waals surface area contributed by atoms with Gasteiger partial charge >= 0.3 is 0 Å². The van der Waals surface area contributed by atoms with Gasteiger partial charge in [0.05, 0.1) is 0 Å². The number of hydrogen-bond donors (Lipinski definition) is 1. The quantitative estimate of drug-likeness (QED) is 0.656. The molecule has 11 heavy (non-hydrogen) atoms. The Hall–Kier alpha value is -1.44. The summed E-state index contributed by atoms with van der Waals surface area (Å²) in [6.07, 6.45) is 1.49. The van der Waals surface area contributed by atoms with E-state index in [4.69, 9.17) is 9.84 Å². The van der Waals surface area contributed by atoms with Crippen LogP contribution in [0.15, 0.2) is 42.4 Å². The van der Waals surface area contributed by atoms with E-state index in [9.17, 15) is 0 Å². The van der Waals surface area contributed by atoms with E-state index in [0.717, 1.165) is 0 Å². The van der Waals surface area contributed by atoms with Gasteiger partial charge in [-0.2, -0.15) is 0 Å². The Kier molecular flexibility index (Phi) is 2.55. The van der Waals surface area contributed by atoms with Crippen molar-refractivity contribution >= 4 is 0 Å². The molecule has 1 N–H and O–H groups in total. The first-order valence-electron chi connectivity index (χ1n) is 3.41. The molecule has 0 spiro atoms. The Labute approximate surface area is 65.7 Å². The molecule has 0 aliphatic heterocycles. The minimum Gasteiger partial charge on any atom is -0.481 e. The lowest BCUT2D eigenvalue weighted by molar-refractivity contribution is 0.208. The highest BCUT2D eigenvalue weighted by Crippen LogP contribution is 2.10. The standard InChI is InChI=1S/C9H10O2/c1-2-9(10)11-8-6-4-3-5-7-8/h2-7,10H,1H3. The first-order valence-corrected chi connectivity index (χ1v) is 3.41. The number of aliphatic hydroxyl groups is 1. The molecule has 2 nitrogen and oxygen atoms in total. The van der Waals surface area contributed by atoms with Crippen LogP contribution in [0.2, 0.25) is 0 Å². The summed E-state index contributed by atoms with van der Waals surface area (Å²) in [7, 11) is 0. The average Bonchev–Trinajstić information content (AvgIpc) is 2.06. The molecule has 1 rings (SSSR count). The predicted molar refractivity (Wildman–Crippen MR) is 43.5 cm³/mol. The molecule has 2 heteroatoms. The molecule has 1 aromatic rings. The number of benzene rings is 1. The molecule has 1 aromatic carbocycles. The molecule has 0 aliphatic rings. The number of aliphatic hydroxyl groups excluding tert-OH is 1. The zero-order chi connectivity index (χ0) is 8.10. The molecule has 58 valence electrons. The van der Waals surface area contributed by atoms with Gasteiger partial charge in [0.2, 0.25) is 0 Å². The van der Waals surface area contributed by atoms with Crippen LogP contribution in [0.25, 0.3) is 0 Å². The molecule has 0 saturated carbocycles. The fourth-order valence-corrected chi connectivity index (χ4v) is 0.668. The second-order valence-corrected chi connectivity index (χ2v) is 2.04. The van der Waals surface area contributed by atoms with E-state index in [1.165, 1.54) is 6.08 Å².